The third-order valence-electron chi connectivity index (χ3n) is 4.17. The summed E-state index contributed by atoms with van der Waals surface area (Å²) >= 11 is 1.12. The highest BCUT2D eigenvalue weighted by molar-refractivity contribution is 7.13. The topological polar surface area (TPSA) is 119 Å². The van der Waals surface area contributed by atoms with Crippen molar-refractivity contribution in [1.29, 1.82) is 0 Å². The highest BCUT2D eigenvalue weighted by atomic mass is 32.1. The van der Waals surface area contributed by atoms with E-state index in [0.717, 1.165) is 16.9 Å². The minimum absolute atomic E-state index is 0.199. The van der Waals surface area contributed by atoms with Crippen molar-refractivity contribution in [3.05, 3.63) is 50.3 Å². The van der Waals surface area contributed by atoms with Gasteiger partial charge in [-0.2, -0.15) is 0 Å². The number of anilines is 1. The number of nitrogens with one attached hydrogen (secondary N) is 1. The van der Waals surface area contributed by atoms with Gasteiger partial charge in [-0.3, -0.25) is 9.59 Å². The quantitative estimate of drug-likeness (QED) is 0.609. The van der Waals surface area contributed by atoms with Crippen LogP contribution in [0, 0.1) is 13.8 Å². The van der Waals surface area contributed by atoms with Crippen molar-refractivity contribution in [2.45, 2.75) is 26.7 Å². The zero-order valence-corrected chi connectivity index (χ0v) is 16.3. The van der Waals surface area contributed by atoms with Crippen LogP contribution in [0.5, 0.6) is 5.75 Å². The summed E-state index contributed by atoms with van der Waals surface area (Å²) in [6.45, 7) is 3.61. The fourth-order valence-corrected chi connectivity index (χ4v) is 3.65. The minimum atomic E-state index is -1.00. The van der Waals surface area contributed by atoms with Crippen LogP contribution in [0.3, 0.4) is 0 Å². The molecule has 0 radical (unpaired) electrons. The van der Waals surface area contributed by atoms with Crippen LogP contribution in [-0.4, -0.2) is 29.1 Å². The van der Waals surface area contributed by atoms with Crippen LogP contribution >= 0.6 is 11.3 Å². The average molecular weight is 402 g/mol. The van der Waals surface area contributed by atoms with E-state index in [-0.39, 0.29) is 23.5 Å². The molecule has 8 nitrogen and oxygen atoms in total. The van der Waals surface area contributed by atoms with Gasteiger partial charge < -0.3 is 19.6 Å². The SMILES string of the molecule is COc1cc(C)cc2oc(=O)c(CC(=O)Nc3nc(CC(=O)O)cs3)c(C)c12. The summed E-state index contributed by atoms with van der Waals surface area (Å²) in [5, 5.41) is 13.9. The standard InChI is InChI=1S/C19H18N2O6S/c1-9-4-13(26-3)17-10(2)12(18(25)27-14(17)5-9)7-15(22)21-19-20-11(8-28-19)6-16(23)24/h4-5,8H,6-7H2,1-3H3,(H,23,24)(H,20,21,22). The maximum absolute atomic E-state index is 12.4. The van der Waals surface area contributed by atoms with Crippen LogP contribution in [0.1, 0.15) is 22.4 Å². The molecule has 0 aliphatic rings. The van der Waals surface area contributed by atoms with Crippen molar-refractivity contribution in [3.8, 4) is 5.75 Å². The van der Waals surface area contributed by atoms with E-state index < -0.39 is 17.5 Å². The van der Waals surface area contributed by atoms with Gasteiger partial charge in [-0.25, -0.2) is 9.78 Å². The van der Waals surface area contributed by atoms with Gasteiger partial charge in [0.1, 0.15) is 11.3 Å². The maximum Gasteiger partial charge on any atom is 0.340 e. The number of fused-ring (bicyclic) bond motifs is 1. The maximum atomic E-state index is 12.4. The summed E-state index contributed by atoms with van der Waals surface area (Å²) in [6, 6.07) is 3.58. The number of thiazole rings is 1. The average Bonchev–Trinajstić information content (AvgIpc) is 3.03. The molecule has 9 heteroatoms. The zero-order valence-electron chi connectivity index (χ0n) is 15.5. The van der Waals surface area contributed by atoms with Crippen LogP contribution < -0.4 is 15.7 Å². The molecule has 1 aromatic carbocycles. The second kappa shape index (κ2) is 7.81. The molecule has 2 aromatic heterocycles. The Balaban J connectivity index is 1.88. The molecule has 3 rings (SSSR count). The molecule has 0 spiro atoms. The predicted octanol–water partition coefficient (Wildman–Crippen LogP) is 2.68. The second-order valence-corrected chi connectivity index (χ2v) is 7.13. The van der Waals surface area contributed by atoms with E-state index in [1.807, 2.05) is 13.0 Å². The second-order valence-electron chi connectivity index (χ2n) is 6.27. The number of aryl methyl sites for hydroxylation is 2. The molecular formula is C19H18N2O6S. The van der Waals surface area contributed by atoms with Gasteiger partial charge in [0.2, 0.25) is 5.91 Å². The lowest BCUT2D eigenvalue weighted by Gasteiger charge is -2.11. The van der Waals surface area contributed by atoms with Gasteiger partial charge >= 0.3 is 11.6 Å². The van der Waals surface area contributed by atoms with E-state index in [1.54, 1.807) is 18.4 Å². The number of hydrogen-bond donors (Lipinski definition) is 2. The Morgan fingerprint density at radius 2 is 2.04 bits per heavy atom. The first-order valence-electron chi connectivity index (χ1n) is 8.35. The van der Waals surface area contributed by atoms with Crippen molar-refractivity contribution in [2.24, 2.45) is 0 Å². The molecule has 0 fully saturated rings. The fraction of sp³-hybridized carbons (Fsp3) is 0.263. The zero-order chi connectivity index (χ0) is 20.4. The first-order valence-corrected chi connectivity index (χ1v) is 9.23. The smallest absolute Gasteiger partial charge is 0.340 e. The van der Waals surface area contributed by atoms with E-state index in [9.17, 15) is 14.4 Å². The summed E-state index contributed by atoms with van der Waals surface area (Å²) in [5.74, 6) is -0.884. The van der Waals surface area contributed by atoms with Gasteiger partial charge in [-0.05, 0) is 37.1 Å². The van der Waals surface area contributed by atoms with Crippen LogP contribution in [-0.2, 0) is 22.4 Å². The highest BCUT2D eigenvalue weighted by Crippen LogP contribution is 2.31. The Labute approximate surface area is 163 Å². The molecule has 2 heterocycles. The number of hydrogen-bond acceptors (Lipinski definition) is 7. The summed E-state index contributed by atoms with van der Waals surface area (Å²) in [6.07, 6.45) is -0.423. The Hall–Kier alpha value is -3.20. The molecule has 0 aliphatic heterocycles. The van der Waals surface area contributed by atoms with E-state index in [0.29, 0.717) is 28.0 Å². The lowest BCUT2D eigenvalue weighted by atomic mass is 10.0. The number of ether oxygens (including phenoxy) is 1. The number of carboxylic acid groups (broad SMARTS) is 1. The van der Waals surface area contributed by atoms with Crippen molar-refractivity contribution >= 4 is 39.3 Å². The number of methoxy groups -OCH3 is 1. The molecule has 1 amide bonds. The van der Waals surface area contributed by atoms with Crippen molar-refractivity contribution in [2.75, 3.05) is 12.4 Å². The van der Waals surface area contributed by atoms with E-state index in [1.165, 1.54) is 7.11 Å². The number of carbonyl (C=O) groups is 2. The monoisotopic (exact) mass is 402 g/mol. The summed E-state index contributed by atoms with van der Waals surface area (Å²) in [4.78, 5) is 39.6. The van der Waals surface area contributed by atoms with Gasteiger partial charge in [-0.1, -0.05) is 0 Å². The van der Waals surface area contributed by atoms with Crippen molar-refractivity contribution in [1.82, 2.24) is 4.98 Å². The normalized spacial score (nSPS) is 10.8. The highest BCUT2D eigenvalue weighted by Gasteiger charge is 2.19. The largest absolute Gasteiger partial charge is 0.496 e. The number of benzene rings is 1. The minimum Gasteiger partial charge on any atom is -0.496 e. The molecule has 0 aliphatic carbocycles. The lowest BCUT2D eigenvalue weighted by molar-refractivity contribution is -0.136. The van der Waals surface area contributed by atoms with Crippen molar-refractivity contribution < 1.29 is 23.8 Å². The van der Waals surface area contributed by atoms with E-state index in [2.05, 4.69) is 10.3 Å². The Morgan fingerprint density at radius 3 is 2.71 bits per heavy atom. The van der Waals surface area contributed by atoms with Gasteiger partial charge in [0, 0.05) is 5.38 Å². The number of carbonyl (C=O) groups excluding carboxylic acids is 1. The van der Waals surface area contributed by atoms with E-state index >= 15 is 0 Å². The van der Waals surface area contributed by atoms with Crippen LogP contribution in [0.2, 0.25) is 0 Å². The molecule has 146 valence electrons. The van der Waals surface area contributed by atoms with Gasteiger partial charge in [0.25, 0.3) is 0 Å². The third-order valence-corrected chi connectivity index (χ3v) is 4.98. The number of amides is 1. The molecule has 28 heavy (non-hydrogen) atoms. The molecular weight excluding hydrogens is 384 g/mol. The van der Waals surface area contributed by atoms with Gasteiger partial charge in [0.05, 0.1) is 36.6 Å². The van der Waals surface area contributed by atoms with E-state index in [4.69, 9.17) is 14.3 Å². The molecule has 0 atom stereocenters. The predicted molar refractivity (Wildman–Crippen MR) is 104 cm³/mol. The number of rotatable bonds is 6. The number of aliphatic carboxylic acids is 1. The first-order chi connectivity index (χ1) is 13.3. The van der Waals surface area contributed by atoms with Crippen LogP contribution in [0.25, 0.3) is 11.0 Å². The number of nitrogens with zero attached hydrogens (tertiary/aromatic N) is 1. The van der Waals surface area contributed by atoms with Crippen LogP contribution in [0.4, 0.5) is 5.13 Å². The summed E-state index contributed by atoms with van der Waals surface area (Å²) in [5.41, 5.74) is 1.91. The van der Waals surface area contributed by atoms with Gasteiger partial charge in [0.15, 0.2) is 5.13 Å². The molecule has 2 N–H and O–H groups in total. The third kappa shape index (κ3) is 4.04. The first kappa shape index (κ1) is 19.6. The lowest BCUT2D eigenvalue weighted by Crippen LogP contribution is -2.20. The molecule has 0 saturated heterocycles. The summed E-state index contributed by atoms with van der Waals surface area (Å²) < 4.78 is 10.8. The Kier molecular flexibility index (Phi) is 5.46. The molecule has 0 saturated carbocycles. The molecule has 0 bridgehead atoms. The fourth-order valence-electron chi connectivity index (χ4n) is 2.93. The number of aromatic nitrogens is 1. The van der Waals surface area contributed by atoms with Crippen molar-refractivity contribution in [3.63, 3.8) is 0 Å². The Bertz CT molecular complexity index is 1130. The Morgan fingerprint density at radius 1 is 1.29 bits per heavy atom. The van der Waals surface area contributed by atoms with Gasteiger partial charge in [-0.15, -0.1) is 11.3 Å². The number of carboxylic acids is 1. The van der Waals surface area contributed by atoms with Crippen LogP contribution in [0.15, 0.2) is 26.7 Å². The molecule has 3 aromatic rings. The summed E-state index contributed by atoms with van der Waals surface area (Å²) in [7, 11) is 1.53. The molecule has 0 unspecified atom stereocenters.